The predicted molar refractivity (Wildman–Crippen MR) is 325 cm³/mol. The zero-order valence-electron chi connectivity index (χ0n) is 49.5. The van der Waals surface area contributed by atoms with Crippen molar-refractivity contribution in [2.75, 3.05) is 77.3 Å². The average molecular weight is 1280 g/mol. The Kier molecular flexibility index (Phi) is 14.7. The van der Waals surface area contributed by atoms with Crippen LogP contribution in [0.25, 0.3) is 66.8 Å². The number of carbonyl (C=O) groups excluding carboxylic acids is 4. The van der Waals surface area contributed by atoms with Gasteiger partial charge in [-0.15, -0.1) is 0 Å². The van der Waals surface area contributed by atoms with Crippen molar-refractivity contribution < 1.29 is 83.5 Å². The van der Waals surface area contributed by atoms with Crippen LogP contribution in [0.15, 0.2) is 164 Å². The van der Waals surface area contributed by atoms with Gasteiger partial charge in [0.2, 0.25) is 35.9 Å². The van der Waals surface area contributed by atoms with E-state index in [1.54, 1.807) is 68.3 Å². The molecule has 2 amide bonds. The number of aromatic nitrogens is 2. The molecule has 2 unspecified atom stereocenters. The molecule has 0 N–H and O–H groups in total. The molecule has 10 aromatic rings. The van der Waals surface area contributed by atoms with E-state index >= 15 is 17.6 Å². The van der Waals surface area contributed by atoms with Crippen LogP contribution in [0.2, 0.25) is 0 Å². The summed E-state index contributed by atoms with van der Waals surface area (Å²) < 4.78 is 120. The fraction of sp³-hybridized carbons (Fsp3) is 0.206. The lowest BCUT2D eigenvalue weighted by molar-refractivity contribution is -0.0210. The predicted octanol–water partition coefficient (Wildman–Crippen LogP) is 10.4. The number of morpholine rings is 2. The van der Waals surface area contributed by atoms with Crippen LogP contribution in [0.5, 0.6) is 11.5 Å². The minimum Gasteiger partial charge on any atom is -0.455 e. The van der Waals surface area contributed by atoms with Crippen molar-refractivity contribution in [1.82, 2.24) is 19.2 Å². The first-order valence-electron chi connectivity index (χ1n) is 29.5. The van der Waals surface area contributed by atoms with Crippen molar-refractivity contribution in [1.29, 1.82) is 0 Å². The molecular formula is C68H50F4N6O16. The number of fused-ring (bicyclic) bond motifs is 18. The highest BCUT2D eigenvalue weighted by atomic mass is 19.2. The fourth-order valence-electron chi connectivity index (χ4n) is 13.6. The van der Waals surface area contributed by atoms with Gasteiger partial charge in [-0.2, -0.15) is 0 Å². The summed E-state index contributed by atoms with van der Waals surface area (Å²) in [7, 11) is 2.24. The topological polar surface area (TPSA) is 225 Å². The lowest BCUT2D eigenvalue weighted by Gasteiger charge is -2.51. The Morgan fingerprint density at radius 2 is 0.894 bits per heavy atom. The first-order chi connectivity index (χ1) is 45.8. The van der Waals surface area contributed by atoms with Gasteiger partial charge in [-0.25, -0.2) is 27.2 Å². The van der Waals surface area contributed by atoms with Crippen molar-refractivity contribution in [3.8, 4) is 56.4 Å². The maximum atomic E-state index is 16.3. The number of pyridine rings is 2. The van der Waals surface area contributed by atoms with Crippen LogP contribution < -0.4 is 30.3 Å². The standard InChI is InChI=1S/2C34H25F2N3O8/c2*1-43-34(42)46-17-45-32-23(40)12-13-38-30(32)33(41)37-14-15-44-16-25(37)39(38)29-18-6-2-3-7-19(18)31-27(20-8-4-5-9-24(20)47-31)26-21(29)10-11-22(35)28(26)36/h2*2-13,25,29H,14-17H2,1H3/t25-,29-;/m1./s1. The van der Waals surface area contributed by atoms with E-state index in [1.165, 1.54) is 46.0 Å². The minimum absolute atomic E-state index is 0.0110. The molecule has 4 atom stereocenters. The SMILES string of the molecule is COC(=O)OCOc1c2n(ccc1=O)N(C1c3ccccc3-c3oc4ccccc4c3-c3c1ccc(F)c3F)C1COCCN1C2=O.COC(=O)OCOc1c2n(ccc1=O)N([C@@H]1c3ccccc3-c3oc4ccccc4c3-c3c1ccc(F)c3F)[C@@H]1COCCN1C2=O. The number of carbonyl (C=O) groups is 4. The molecular weight excluding hydrogens is 1230 g/mol. The monoisotopic (exact) mass is 1280 g/mol. The number of ether oxygens (including phenoxy) is 8. The van der Waals surface area contributed by atoms with Gasteiger partial charge in [-0.1, -0.05) is 97.1 Å². The van der Waals surface area contributed by atoms with E-state index in [-0.39, 0.29) is 73.5 Å². The maximum absolute atomic E-state index is 16.3. The summed E-state index contributed by atoms with van der Waals surface area (Å²) >= 11 is 0. The van der Waals surface area contributed by atoms with E-state index in [0.29, 0.717) is 78.0 Å². The molecule has 22 nitrogen and oxygen atoms in total. The summed E-state index contributed by atoms with van der Waals surface area (Å²) in [5.41, 5.74) is 3.66. The number of halogens is 4. The number of nitrogens with zero attached hydrogens (tertiary/aromatic N) is 6. The number of hydrogen-bond acceptors (Lipinski definition) is 18. The molecule has 6 aliphatic rings. The summed E-state index contributed by atoms with van der Waals surface area (Å²) in [6.45, 7) is -0.458. The van der Waals surface area contributed by atoms with Crippen molar-refractivity contribution in [3.05, 3.63) is 223 Å². The Hall–Kier alpha value is -11.4. The molecule has 0 spiro atoms. The maximum Gasteiger partial charge on any atom is 0.510 e. The molecule has 0 saturated carbocycles. The van der Waals surface area contributed by atoms with Gasteiger partial charge in [0.15, 0.2) is 34.7 Å². The Morgan fingerprint density at radius 1 is 0.489 bits per heavy atom. The minimum atomic E-state index is -1.05. The molecule has 4 aromatic heterocycles. The third kappa shape index (κ3) is 9.28. The largest absolute Gasteiger partial charge is 0.510 e. The molecule has 0 radical (unpaired) electrons. The van der Waals surface area contributed by atoms with Crippen molar-refractivity contribution in [3.63, 3.8) is 0 Å². The second-order valence-electron chi connectivity index (χ2n) is 22.2. The van der Waals surface area contributed by atoms with Gasteiger partial charge in [0, 0.05) is 81.8 Å². The second-order valence-corrected chi connectivity index (χ2v) is 22.2. The molecule has 4 aliphatic heterocycles. The van der Waals surface area contributed by atoms with E-state index in [0.717, 1.165) is 26.4 Å². The highest BCUT2D eigenvalue weighted by Gasteiger charge is 2.50. The number of benzene rings is 6. The fourth-order valence-corrected chi connectivity index (χ4v) is 13.6. The highest BCUT2D eigenvalue weighted by molar-refractivity contribution is 6.06. The van der Waals surface area contributed by atoms with Gasteiger partial charge < -0.3 is 56.5 Å². The Labute approximate surface area is 528 Å². The molecule has 2 fully saturated rings. The number of rotatable bonds is 8. The van der Waals surface area contributed by atoms with Crippen LogP contribution in [-0.2, 0) is 28.4 Å². The molecule has 2 aliphatic carbocycles. The summed E-state index contributed by atoms with van der Waals surface area (Å²) in [6, 6.07) is 35.0. The van der Waals surface area contributed by atoms with Gasteiger partial charge in [0.1, 0.15) is 35.0 Å². The lowest BCUT2D eigenvalue weighted by atomic mass is 9.91. The Bertz CT molecular complexity index is 4630. The van der Waals surface area contributed by atoms with Crippen LogP contribution in [0.4, 0.5) is 27.2 Å². The Morgan fingerprint density at radius 3 is 1.32 bits per heavy atom. The molecule has 26 heteroatoms. The van der Waals surface area contributed by atoms with Gasteiger partial charge in [0.25, 0.3) is 11.8 Å². The van der Waals surface area contributed by atoms with Gasteiger partial charge in [-0.05, 0) is 46.5 Å². The molecule has 476 valence electrons. The van der Waals surface area contributed by atoms with Gasteiger partial charge >= 0.3 is 12.3 Å². The lowest BCUT2D eigenvalue weighted by Crippen LogP contribution is -2.66. The van der Waals surface area contributed by atoms with Crippen molar-refractivity contribution in [2.45, 2.75) is 24.4 Å². The smallest absolute Gasteiger partial charge is 0.455 e. The van der Waals surface area contributed by atoms with Gasteiger partial charge in [0.05, 0.1) is 52.7 Å². The average Bonchev–Trinajstić information content (AvgIpc) is 1.40. The summed E-state index contributed by atoms with van der Waals surface area (Å²) in [6.07, 6.45) is -0.718. The molecule has 0 bridgehead atoms. The first-order valence-corrected chi connectivity index (χ1v) is 29.5. The van der Waals surface area contributed by atoms with E-state index in [9.17, 15) is 28.8 Å². The summed E-state index contributed by atoms with van der Waals surface area (Å²) in [5.74, 6) is -5.21. The van der Waals surface area contributed by atoms with Crippen LogP contribution in [-0.4, -0.2) is 123 Å². The zero-order chi connectivity index (χ0) is 64.8. The number of hydrogen-bond donors (Lipinski definition) is 0. The second kappa shape index (κ2) is 23.4. The Balaban J connectivity index is 0.000000155. The van der Waals surface area contributed by atoms with Crippen molar-refractivity contribution in [2.24, 2.45) is 0 Å². The van der Waals surface area contributed by atoms with Crippen LogP contribution in [0.3, 0.4) is 0 Å². The van der Waals surface area contributed by atoms with Gasteiger partial charge in [-0.3, -0.25) is 38.5 Å². The van der Waals surface area contributed by atoms with E-state index in [2.05, 4.69) is 9.47 Å². The molecule has 16 rings (SSSR count). The molecule has 8 heterocycles. The van der Waals surface area contributed by atoms with Crippen molar-refractivity contribution >= 4 is 46.1 Å². The number of para-hydroxylation sites is 2. The normalized spacial score (nSPS) is 18.0. The van der Waals surface area contributed by atoms with E-state index in [1.807, 2.05) is 48.5 Å². The zero-order valence-corrected chi connectivity index (χ0v) is 49.5. The molecule has 6 aromatic carbocycles. The third-order valence-corrected chi connectivity index (χ3v) is 17.5. The quantitative estimate of drug-likeness (QED) is 0.0783. The van der Waals surface area contributed by atoms with E-state index < -0.39 is 96.3 Å². The highest BCUT2D eigenvalue weighted by Crippen LogP contribution is 2.55. The number of amides is 2. The van der Waals surface area contributed by atoms with Crippen LogP contribution in [0, 0.1) is 23.3 Å². The number of furan rings is 2. The van der Waals surface area contributed by atoms with Crippen LogP contribution in [0.1, 0.15) is 55.3 Å². The summed E-state index contributed by atoms with van der Waals surface area (Å²) in [5, 5.41) is 4.80. The first kappa shape index (κ1) is 59.0. The molecule has 2 saturated heterocycles. The van der Waals surface area contributed by atoms with Crippen LogP contribution >= 0.6 is 0 Å². The molecule has 94 heavy (non-hydrogen) atoms. The summed E-state index contributed by atoms with van der Waals surface area (Å²) in [4.78, 5) is 80.8. The third-order valence-electron chi connectivity index (χ3n) is 17.5. The number of methoxy groups -OCH3 is 2. The van der Waals surface area contributed by atoms with E-state index in [4.69, 9.17) is 37.3 Å².